The number of carbonyl (C=O) groups is 2. The first-order valence-electron chi connectivity index (χ1n) is 6.71. The number of hydrogen-bond donors (Lipinski definition) is 2. The molecule has 5 nitrogen and oxygen atoms in total. The molecule has 0 spiro atoms. The van der Waals surface area contributed by atoms with Crippen LogP contribution in [0.2, 0.25) is 0 Å². The van der Waals surface area contributed by atoms with Crippen LogP contribution in [0.3, 0.4) is 0 Å². The van der Waals surface area contributed by atoms with Gasteiger partial charge in [-0.1, -0.05) is 6.07 Å². The SMILES string of the molecule is O=C(O)CC(NCc1ccccn1)C(=O)c1ccc(F)cc1. The highest BCUT2D eigenvalue weighted by molar-refractivity contribution is 6.01. The van der Waals surface area contributed by atoms with Gasteiger partial charge in [0, 0.05) is 18.3 Å². The number of halogens is 1. The highest BCUT2D eigenvalue weighted by Gasteiger charge is 2.22. The van der Waals surface area contributed by atoms with E-state index in [2.05, 4.69) is 10.3 Å². The van der Waals surface area contributed by atoms with Crippen LogP contribution in [0.4, 0.5) is 4.39 Å². The van der Waals surface area contributed by atoms with E-state index in [1.54, 1.807) is 24.4 Å². The molecule has 1 atom stereocenters. The Hall–Kier alpha value is -2.60. The third kappa shape index (κ3) is 4.46. The fourth-order valence-electron chi connectivity index (χ4n) is 1.98. The number of hydrogen-bond acceptors (Lipinski definition) is 4. The maximum absolute atomic E-state index is 12.9. The van der Waals surface area contributed by atoms with Crippen molar-refractivity contribution in [2.45, 2.75) is 19.0 Å². The zero-order valence-corrected chi connectivity index (χ0v) is 11.7. The second-order valence-corrected chi connectivity index (χ2v) is 4.72. The largest absolute Gasteiger partial charge is 0.481 e. The molecule has 0 amide bonds. The topological polar surface area (TPSA) is 79.3 Å². The van der Waals surface area contributed by atoms with E-state index in [0.717, 1.165) is 0 Å². The summed E-state index contributed by atoms with van der Waals surface area (Å²) >= 11 is 0. The molecule has 1 unspecified atom stereocenters. The van der Waals surface area contributed by atoms with Gasteiger partial charge in [0.1, 0.15) is 5.82 Å². The molecule has 1 heterocycles. The number of pyridine rings is 1. The molecule has 0 bridgehead atoms. The molecular formula is C16H15FN2O3. The minimum atomic E-state index is -1.09. The van der Waals surface area contributed by atoms with Crippen LogP contribution in [0.25, 0.3) is 0 Å². The summed E-state index contributed by atoms with van der Waals surface area (Å²) in [6.45, 7) is 0.270. The normalized spacial score (nSPS) is 11.9. The Morgan fingerprint density at radius 3 is 2.50 bits per heavy atom. The van der Waals surface area contributed by atoms with Gasteiger partial charge in [-0.2, -0.15) is 0 Å². The minimum Gasteiger partial charge on any atom is -0.481 e. The lowest BCUT2D eigenvalue weighted by Crippen LogP contribution is -2.38. The van der Waals surface area contributed by atoms with Crippen molar-refractivity contribution >= 4 is 11.8 Å². The van der Waals surface area contributed by atoms with Crippen LogP contribution in [0.15, 0.2) is 48.7 Å². The lowest BCUT2D eigenvalue weighted by Gasteiger charge is -2.15. The molecule has 2 aromatic rings. The third-order valence-corrected chi connectivity index (χ3v) is 3.08. The van der Waals surface area contributed by atoms with Gasteiger partial charge < -0.3 is 10.4 Å². The van der Waals surface area contributed by atoms with Gasteiger partial charge in [0.15, 0.2) is 5.78 Å². The van der Waals surface area contributed by atoms with Gasteiger partial charge >= 0.3 is 5.97 Å². The van der Waals surface area contributed by atoms with Crippen molar-refractivity contribution in [3.8, 4) is 0 Å². The number of rotatable bonds is 7. The molecule has 2 rings (SSSR count). The van der Waals surface area contributed by atoms with Crippen molar-refractivity contribution in [1.82, 2.24) is 10.3 Å². The molecule has 0 radical (unpaired) electrons. The van der Waals surface area contributed by atoms with E-state index < -0.39 is 23.6 Å². The monoisotopic (exact) mass is 302 g/mol. The third-order valence-electron chi connectivity index (χ3n) is 3.08. The van der Waals surface area contributed by atoms with Crippen LogP contribution in [-0.4, -0.2) is 27.9 Å². The van der Waals surface area contributed by atoms with Crippen molar-refractivity contribution in [3.05, 3.63) is 65.7 Å². The number of benzene rings is 1. The second kappa shape index (κ2) is 7.42. The number of aliphatic carboxylic acids is 1. The predicted molar refractivity (Wildman–Crippen MR) is 77.8 cm³/mol. The fraction of sp³-hybridized carbons (Fsp3) is 0.188. The first-order valence-corrected chi connectivity index (χ1v) is 6.71. The fourth-order valence-corrected chi connectivity index (χ4v) is 1.98. The van der Waals surface area contributed by atoms with Gasteiger partial charge in [0.05, 0.1) is 18.2 Å². The van der Waals surface area contributed by atoms with Crippen LogP contribution in [0, 0.1) is 5.82 Å². The molecule has 6 heteroatoms. The quantitative estimate of drug-likeness (QED) is 0.765. The standard InChI is InChI=1S/C16H15FN2O3/c17-12-6-4-11(5-7-12)16(22)14(9-15(20)21)19-10-13-3-1-2-8-18-13/h1-8,14,19H,9-10H2,(H,20,21). The van der Waals surface area contributed by atoms with Crippen molar-refractivity contribution in [3.63, 3.8) is 0 Å². The molecular weight excluding hydrogens is 287 g/mol. The Kier molecular flexibility index (Phi) is 5.32. The maximum Gasteiger partial charge on any atom is 0.305 e. The molecule has 1 aromatic carbocycles. The van der Waals surface area contributed by atoms with Crippen LogP contribution < -0.4 is 5.32 Å². The molecule has 114 valence electrons. The number of carbonyl (C=O) groups excluding carboxylic acids is 1. The number of ketones is 1. The van der Waals surface area contributed by atoms with Crippen molar-refractivity contribution < 1.29 is 19.1 Å². The molecule has 0 fully saturated rings. The van der Waals surface area contributed by atoms with Gasteiger partial charge in [-0.05, 0) is 36.4 Å². The van der Waals surface area contributed by atoms with E-state index >= 15 is 0 Å². The molecule has 0 saturated heterocycles. The van der Waals surface area contributed by atoms with Crippen LogP contribution in [-0.2, 0) is 11.3 Å². The Morgan fingerprint density at radius 2 is 1.91 bits per heavy atom. The van der Waals surface area contributed by atoms with Crippen LogP contribution >= 0.6 is 0 Å². The van der Waals surface area contributed by atoms with Crippen molar-refractivity contribution in [2.75, 3.05) is 0 Å². The number of nitrogens with zero attached hydrogens (tertiary/aromatic N) is 1. The Bertz CT molecular complexity index is 644. The van der Waals surface area contributed by atoms with Gasteiger partial charge in [0.2, 0.25) is 0 Å². The second-order valence-electron chi connectivity index (χ2n) is 4.72. The van der Waals surface area contributed by atoms with E-state index in [4.69, 9.17) is 5.11 Å². The predicted octanol–water partition coefficient (Wildman–Crippen LogP) is 2.04. The molecule has 0 saturated carbocycles. The zero-order valence-electron chi connectivity index (χ0n) is 11.7. The molecule has 2 N–H and O–H groups in total. The van der Waals surface area contributed by atoms with Crippen molar-refractivity contribution in [2.24, 2.45) is 0 Å². The van der Waals surface area contributed by atoms with E-state index in [9.17, 15) is 14.0 Å². The average molecular weight is 302 g/mol. The smallest absolute Gasteiger partial charge is 0.305 e. The zero-order chi connectivity index (χ0) is 15.9. The minimum absolute atomic E-state index is 0.265. The summed E-state index contributed by atoms with van der Waals surface area (Å²) in [7, 11) is 0. The first kappa shape index (κ1) is 15.8. The highest BCUT2D eigenvalue weighted by atomic mass is 19.1. The number of Topliss-reactive ketones (excluding diaryl/α,β-unsaturated/α-hetero) is 1. The number of carboxylic acids is 1. The Labute approximate surface area is 126 Å². The summed E-state index contributed by atoms with van der Waals surface area (Å²) < 4.78 is 12.9. The number of nitrogens with one attached hydrogen (secondary N) is 1. The van der Waals surface area contributed by atoms with E-state index in [-0.39, 0.29) is 18.5 Å². The van der Waals surface area contributed by atoms with Gasteiger partial charge in [-0.25, -0.2) is 4.39 Å². The average Bonchev–Trinajstić information content (AvgIpc) is 2.52. The lowest BCUT2D eigenvalue weighted by atomic mass is 10.0. The summed E-state index contributed by atoms with van der Waals surface area (Å²) in [5, 5.41) is 11.8. The van der Waals surface area contributed by atoms with Gasteiger partial charge in [-0.3, -0.25) is 14.6 Å². The molecule has 0 aliphatic heterocycles. The Morgan fingerprint density at radius 1 is 1.18 bits per heavy atom. The Balaban J connectivity index is 2.09. The maximum atomic E-state index is 12.9. The van der Waals surface area contributed by atoms with Crippen LogP contribution in [0.1, 0.15) is 22.5 Å². The van der Waals surface area contributed by atoms with Crippen LogP contribution in [0.5, 0.6) is 0 Å². The highest BCUT2D eigenvalue weighted by Crippen LogP contribution is 2.09. The van der Waals surface area contributed by atoms with E-state index in [1.807, 2.05) is 0 Å². The summed E-state index contributed by atoms with van der Waals surface area (Å²) in [4.78, 5) is 27.4. The summed E-state index contributed by atoms with van der Waals surface area (Å²) in [6.07, 6.45) is 1.26. The molecule has 22 heavy (non-hydrogen) atoms. The number of aromatic nitrogens is 1. The van der Waals surface area contributed by atoms with E-state index in [1.165, 1.54) is 24.3 Å². The van der Waals surface area contributed by atoms with Gasteiger partial charge in [-0.15, -0.1) is 0 Å². The summed E-state index contributed by atoms with van der Waals surface area (Å²) in [5.41, 5.74) is 0.964. The molecule has 0 aliphatic rings. The number of carboxylic acid groups (broad SMARTS) is 1. The van der Waals surface area contributed by atoms with Crippen molar-refractivity contribution in [1.29, 1.82) is 0 Å². The van der Waals surface area contributed by atoms with Gasteiger partial charge in [0.25, 0.3) is 0 Å². The molecule has 0 aliphatic carbocycles. The lowest BCUT2D eigenvalue weighted by molar-refractivity contribution is -0.137. The first-order chi connectivity index (χ1) is 10.6. The van der Waals surface area contributed by atoms with E-state index in [0.29, 0.717) is 5.69 Å². The molecule has 1 aromatic heterocycles. The summed E-state index contributed by atoms with van der Waals surface area (Å²) in [5.74, 6) is -1.93. The summed E-state index contributed by atoms with van der Waals surface area (Å²) in [6, 6.07) is 9.47.